The molecule has 18 heavy (non-hydrogen) atoms. The molecule has 1 aliphatic rings. The van der Waals surface area contributed by atoms with E-state index >= 15 is 0 Å². The molecular weight excluding hydrogens is 294 g/mol. The molecule has 0 aromatic heterocycles. The van der Waals surface area contributed by atoms with E-state index in [2.05, 4.69) is 45.1 Å². The van der Waals surface area contributed by atoms with E-state index in [1.54, 1.807) is 0 Å². The summed E-state index contributed by atoms with van der Waals surface area (Å²) in [7, 11) is 1.47. The van der Waals surface area contributed by atoms with Gasteiger partial charge in [-0.25, -0.2) is 0 Å². The number of halogens is 1. The second-order valence-corrected chi connectivity index (χ2v) is 5.64. The zero-order valence-corrected chi connectivity index (χ0v) is 12.1. The Balaban J connectivity index is 1.93. The second-order valence-electron chi connectivity index (χ2n) is 4.72. The van der Waals surface area contributed by atoms with Gasteiger partial charge in [0, 0.05) is 17.6 Å². The van der Waals surface area contributed by atoms with Crippen LogP contribution in [0.2, 0.25) is 0 Å². The molecule has 98 valence electrons. The number of rotatable bonds is 3. The van der Waals surface area contributed by atoms with Gasteiger partial charge in [0.15, 0.2) is 0 Å². The van der Waals surface area contributed by atoms with E-state index in [0.29, 0.717) is 0 Å². The minimum Gasteiger partial charge on any atom is -0.469 e. The number of likely N-dealkylation sites (tertiary alicyclic amines) is 1. The van der Waals surface area contributed by atoms with Gasteiger partial charge in [-0.05, 0) is 37.1 Å². The molecule has 1 aliphatic heterocycles. The average molecular weight is 312 g/mol. The molecule has 0 amide bonds. The molecule has 1 heterocycles. The predicted octanol–water partition coefficient (Wildman–Crippen LogP) is 2.83. The highest BCUT2D eigenvalue weighted by Crippen LogP contribution is 2.20. The number of methoxy groups -OCH3 is 1. The molecule has 1 atom stereocenters. The minimum atomic E-state index is -0.0736. The van der Waals surface area contributed by atoms with Crippen LogP contribution in [0.4, 0.5) is 0 Å². The van der Waals surface area contributed by atoms with Crippen LogP contribution in [0.25, 0.3) is 0 Å². The standard InChI is InChI=1S/C14H18BrNO2/c1-18-14(17)12-3-2-8-16(10-12)9-11-4-6-13(15)7-5-11/h4-7,12H,2-3,8-10H2,1H3/t12-/m0/s1. The number of hydrogen-bond donors (Lipinski definition) is 0. The lowest BCUT2D eigenvalue weighted by molar-refractivity contribution is -0.147. The van der Waals surface area contributed by atoms with E-state index in [1.165, 1.54) is 12.7 Å². The van der Waals surface area contributed by atoms with Gasteiger partial charge in [0.2, 0.25) is 0 Å². The van der Waals surface area contributed by atoms with E-state index in [4.69, 9.17) is 4.74 Å². The molecule has 1 fully saturated rings. The van der Waals surface area contributed by atoms with Gasteiger partial charge in [-0.15, -0.1) is 0 Å². The van der Waals surface area contributed by atoms with Gasteiger partial charge in [-0.1, -0.05) is 28.1 Å². The topological polar surface area (TPSA) is 29.5 Å². The third kappa shape index (κ3) is 3.56. The fourth-order valence-electron chi connectivity index (χ4n) is 2.41. The summed E-state index contributed by atoms with van der Waals surface area (Å²) in [4.78, 5) is 13.9. The van der Waals surface area contributed by atoms with Crippen LogP contribution in [0.1, 0.15) is 18.4 Å². The molecular formula is C14H18BrNO2. The summed E-state index contributed by atoms with van der Waals surface area (Å²) in [5.74, 6) is -0.0327. The molecule has 0 N–H and O–H groups in total. The summed E-state index contributed by atoms with van der Waals surface area (Å²) in [5, 5.41) is 0. The first-order valence-electron chi connectivity index (χ1n) is 6.23. The minimum absolute atomic E-state index is 0.0409. The molecule has 1 aromatic carbocycles. The normalized spacial score (nSPS) is 20.7. The Bertz CT molecular complexity index is 405. The molecule has 0 bridgehead atoms. The molecule has 0 radical (unpaired) electrons. The maximum atomic E-state index is 11.6. The van der Waals surface area contributed by atoms with E-state index in [9.17, 15) is 4.79 Å². The number of nitrogens with zero attached hydrogens (tertiary/aromatic N) is 1. The van der Waals surface area contributed by atoms with Crippen LogP contribution in [0, 0.1) is 5.92 Å². The Morgan fingerprint density at radius 2 is 2.17 bits per heavy atom. The van der Waals surface area contributed by atoms with Crippen molar-refractivity contribution in [2.75, 3.05) is 20.2 Å². The number of carbonyl (C=O) groups excluding carboxylic acids is 1. The van der Waals surface area contributed by atoms with Crippen LogP contribution in [0.3, 0.4) is 0 Å². The van der Waals surface area contributed by atoms with E-state index in [-0.39, 0.29) is 11.9 Å². The van der Waals surface area contributed by atoms with E-state index in [1.807, 2.05) is 0 Å². The van der Waals surface area contributed by atoms with Crippen molar-refractivity contribution in [2.45, 2.75) is 19.4 Å². The third-order valence-electron chi connectivity index (χ3n) is 3.36. The van der Waals surface area contributed by atoms with Crippen LogP contribution in [-0.2, 0) is 16.1 Å². The van der Waals surface area contributed by atoms with Crippen molar-refractivity contribution in [2.24, 2.45) is 5.92 Å². The molecule has 0 spiro atoms. The molecule has 2 rings (SSSR count). The Morgan fingerprint density at radius 3 is 2.83 bits per heavy atom. The highest BCUT2D eigenvalue weighted by atomic mass is 79.9. The van der Waals surface area contributed by atoms with Gasteiger partial charge in [-0.3, -0.25) is 9.69 Å². The van der Waals surface area contributed by atoms with Crippen molar-refractivity contribution >= 4 is 21.9 Å². The van der Waals surface area contributed by atoms with Gasteiger partial charge >= 0.3 is 5.97 Å². The largest absolute Gasteiger partial charge is 0.469 e. The van der Waals surface area contributed by atoms with Crippen LogP contribution in [-0.4, -0.2) is 31.1 Å². The van der Waals surface area contributed by atoms with Gasteiger partial charge in [0.25, 0.3) is 0 Å². The van der Waals surface area contributed by atoms with E-state index < -0.39 is 0 Å². The number of benzene rings is 1. The van der Waals surface area contributed by atoms with E-state index in [0.717, 1.165) is 36.9 Å². The maximum Gasteiger partial charge on any atom is 0.309 e. The number of piperidine rings is 1. The first-order chi connectivity index (χ1) is 8.69. The number of esters is 1. The Labute approximate surface area is 116 Å². The maximum absolute atomic E-state index is 11.6. The number of hydrogen-bond acceptors (Lipinski definition) is 3. The summed E-state index contributed by atoms with van der Waals surface area (Å²) >= 11 is 3.43. The average Bonchev–Trinajstić information content (AvgIpc) is 2.41. The predicted molar refractivity (Wildman–Crippen MR) is 74.2 cm³/mol. The summed E-state index contributed by atoms with van der Waals surface area (Å²) in [6.07, 6.45) is 2.01. The second kappa shape index (κ2) is 6.34. The molecule has 3 nitrogen and oxygen atoms in total. The molecule has 0 unspecified atom stereocenters. The van der Waals surface area contributed by atoms with Crippen molar-refractivity contribution in [3.05, 3.63) is 34.3 Å². The quantitative estimate of drug-likeness (QED) is 0.804. The van der Waals surface area contributed by atoms with Crippen LogP contribution < -0.4 is 0 Å². The Morgan fingerprint density at radius 1 is 1.44 bits per heavy atom. The highest BCUT2D eigenvalue weighted by molar-refractivity contribution is 9.10. The van der Waals surface area contributed by atoms with Crippen molar-refractivity contribution in [1.82, 2.24) is 4.90 Å². The smallest absolute Gasteiger partial charge is 0.309 e. The fourth-order valence-corrected chi connectivity index (χ4v) is 2.67. The van der Waals surface area contributed by atoms with Crippen molar-refractivity contribution < 1.29 is 9.53 Å². The van der Waals surface area contributed by atoms with Crippen molar-refractivity contribution in [3.8, 4) is 0 Å². The zero-order chi connectivity index (χ0) is 13.0. The Hall–Kier alpha value is -0.870. The lowest BCUT2D eigenvalue weighted by Crippen LogP contribution is -2.38. The first-order valence-corrected chi connectivity index (χ1v) is 7.03. The number of carbonyl (C=O) groups is 1. The van der Waals surface area contributed by atoms with Crippen molar-refractivity contribution in [1.29, 1.82) is 0 Å². The summed E-state index contributed by atoms with van der Waals surface area (Å²) < 4.78 is 5.93. The molecule has 1 saturated heterocycles. The van der Waals surface area contributed by atoms with Gasteiger partial charge in [0.1, 0.15) is 0 Å². The Kier molecular flexibility index (Phi) is 4.78. The molecule has 1 aromatic rings. The third-order valence-corrected chi connectivity index (χ3v) is 3.89. The van der Waals surface area contributed by atoms with Gasteiger partial charge < -0.3 is 4.74 Å². The zero-order valence-electron chi connectivity index (χ0n) is 10.6. The molecule has 0 saturated carbocycles. The SMILES string of the molecule is COC(=O)[C@H]1CCCN(Cc2ccc(Br)cc2)C1. The van der Waals surface area contributed by atoms with Gasteiger partial charge in [0.05, 0.1) is 13.0 Å². The summed E-state index contributed by atoms with van der Waals surface area (Å²) in [5.41, 5.74) is 1.28. The highest BCUT2D eigenvalue weighted by Gasteiger charge is 2.26. The first kappa shape index (κ1) is 13.6. The van der Waals surface area contributed by atoms with Crippen LogP contribution in [0.15, 0.2) is 28.7 Å². The molecule has 0 aliphatic carbocycles. The lowest BCUT2D eigenvalue weighted by Gasteiger charge is -2.31. The monoisotopic (exact) mass is 311 g/mol. The molecule has 4 heteroatoms. The van der Waals surface area contributed by atoms with Gasteiger partial charge in [-0.2, -0.15) is 0 Å². The summed E-state index contributed by atoms with van der Waals surface area (Å²) in [6.45, 7) is 2.77. The fraction of sp³-hybridized carbons (Fsp3) is 0.500. The summed E-state index contributed by atoms with van der Waals surface area (Å²) in [6, 6.07) is 8.34. The number of ether oxygens (including phenoxy) is 1. The van der Waals surface area contributed by atoms with Crippen LogP contribution in [0.5, 0.6) is 0 Å². The lowest BCUT2D eigenvalue weighted by atomic mass is 9.98. The van der Waals surface area contributed by atoms with Crippen molar-refractivity contribution in [3.63, 3.8) is 0 Å². The van der Waals surface area contributed by atoms with Crippen LogP contribution >= 0.6 is 15.9 Å².